The molecule has 1 aromatic carbocycles. The largest absolute Gasteiger partial charge is 0.350 e. The number of nitrogens with one attached hydrogen (secondary N) is 3. The highest BCUT2D eigenvalue weighted by Crippen LogP contribution is 2.36. The van der Waals surface area contributed by atoms with E-state index in [-0.39, 0.29) is 24.4 Å². The molecule has 0 aromatic heterocycles. The molecule has 1 aliphatic carbocycles. The van der Waals surface area contributed by atoms with Gasteiger partial charge >= 0.3 is 6.03 Å². The number of carbonyl (C=O) groups excluding carboxylic acids is 4. The van der Waals surface area contributed by atoms with Gasteiger partial charge in [-0.25, -0.2) is 4.79 Å². The van der Waals surface area contributed by atoms with Crippen molar-refractivity contribution in [2.45, 2.75) is 64.0 Å². The van der Waals surface area contributed by atoms with Gasteiger partial charge in [-0.3, -0.25) is 19.7 Å². The normalized spacial score (nSPS) is 19.4. The number of hydrogen-bond acceptors (Lipinski definition) is 4. The fourth-order valence-electron chi connectivity index (χ4n) is 3.90. The van der Waals surface area contributed by atoms with E-state index >= 15 is 0 Å². The fraction of sp³-hybridized carbons (Fsp3) is 0.524. The minimum Gasteiger partial charge on any atom is -0.350 e. The first kappa shape index (κ1) is 20.8. The van der Waals surface area contributed by atoms with Crippen LogP contribution in [0.2, 0.25) is 0 Å². The monoisotopic (exact) mass is 400 g/mol. The fourth-order valence-corrected chi connectivity index (χ4v) is 3.90. The summed E-state index contributed by atoms with van der Waals surface area (Å²) in [5.41, 5.74) is 0.0332. The lowest BCUT2D eigenvalue weighted by atomic mass is 9.78. The second-order valence-corrected chi connectivity index (χ2v) is 7.85. The summed E-state index contributed by atoms with van der Waals surface area (Å²) in [6.07, 6.45) is 4.63. The maximum absolute atomic E-state index is 12.9. The van der Waals surface area contributed by atoms with Crippen LogP contribution in [0.4, 0.5) is 10.5 Å². The van der Waals surface area contributed by atoms with Gasteiger partial charge in [0.1, 0.15) is 12.1 Å². The first-order valence-corrected chi connectivity index (χ1v) is 10.2. The molecule has 5 amide bonds. The summed E-state index contributed by atoms with van der Waals surface area (Å²) < 4.78 is 0. The van der Waals surface area contributed by atoms with Crippen molar-refractivity contribution in [1.82, 2.24) is 15.5 Å². The van der Waals surface area contributed by atoms with Crippen LogP contribution in [0.5, 0.6) is 0 Å². The summed E-state index contributed by atoms with van der Waals surface area (Å²) in [7, 11) is 0. The van der Waals surface area contributed by atoms with Gasteiger partial charge in [0.05, 0.1) is 0 Å². The molecule has 1 spiro atoms. The molecule has 1 heterocycles. The third kappa shape index (κ3) is 4.41. The molecule has 8 heteroatoms. The Kier molecular flexibility index (Phi) is 6.20. The lowest BCUT2D eigenvalue weighted by molar-refractivity contribution is -0.146. The molecule has 1 aliphatic heterocycles. The molecule has 3 rings (SSSR count). The number of rotatable bonds is 4. The van der Waals surface area contributed by atoms with Crippen LogP contribution in [0.1, 0.15) is 62.7 Å². The predicted octanol–water partition coefficient (Wildman–Crippen LogP) is 2.41. The van der Waals surface area contributed by atoms with Crippen molar-refractivity contribution < 1.29 is 19.2 Å². The quantitative estimate of drug-likeness (QED) is 0.675. The Morgan fingerprint density at radius 2 is 1.79 bits per heavy atom. The highest BCUT2D eigenvalue weighted by Gasteiger charge is 2.51. The molecule has 1 atom stereocenters. The van der Waals surface area contributed by atoms with Gasteiger partial charge in [0.25, 0.3) is 11.8 Å². The molecule has 3 N–H and O–H groups in total. The average molecular weight is 400 g/mol. The molecule has 29 heavy (non-hydrogen) atoms. The van der Waals surface area contributed by atoms with Crippen molar-refractivity contribution in [3.63, 3.8) is 0 Å². The Hall–Kier alpha value is -2.90. The predicted molar refractivity (Wildman–Crippen MR) is 108 cm³/mol. The lowest BCUT2D eigenvalue weighted by Crippen LogP contribution is -2.69. The Morgan fingerprint density at radius 3 is 2.41 bits per heavy atom. The Morgan fingerprint density at radius 1 is 1.14 bits per heavy atom. The molecule has 1 saturated heterocycles. The first-order chi connectivity index (χ1) is 13.9. The third-order valence-corrected chi connectivity index (χ3v) is 5.81. The van der Waals surface area contributed by atoms with Crippen LogP contribution in [0.25, 0.3) is 0 Å². The summed E-state index contributed by atoms with van der Waals surface area (Å²) in [6.45, 7) is 3.78. The number of carbonyl (C=O) groups is 4. The number of anilines is 1. The van der Waals surface area contributed by atoms with Crippen LogP contribution >= 0.6 is 0 Å². The van der Waals surface area contributed by atoms with Gasteiger partial charge in [-0.15, -0.1) is 0 Å². The van der Waals surface area contributed by atoms with E-state index in [0.717, 1.165) is 25.7 Å². The number of hydrogen-bond donors (Lipinski definition) is 3. The molecular weight excluding hydrogens is 372 g/mol. The van der Waals surface area contributed by atoms with Crippen LogP contribution in [-0.4, -0.2) is 46.8 Å². The summed E-state index contributed by atoms with van der Waals surface area (Å²) in [4.78, 5) is 51.0. The van der Waals surface area contributed by atoms with E-state index in [1.807, 2.05) is 13.8 Å². The highest BCUT2D eigenvalue weighted by molar-refractivity contribution is 6.08. The molecule has 2 fully saturated rings. The van der Waals surface area contributed by atoms with Crippen LogP contribution in [0, 0.1) is 0 Å². The summed E-state index contributed by atoms with van der Waals surface area (Å²) in [5.74, 6) is -1.03. The van der Waals surface area contributed by atoms with Crippen molar-refractivity contribution >= 4 is 29.4 Å². The minimum atomic E-state index is -0.966. The number of imide groups is 1. The van der Waals surface area contributed by atoms with E-state index in [9.17, 15) is 19.2 Å². The highest BCUT2D eigenvalue weighted by atomic mass is 16.2. The SMILES string of the molecule is CC[C@H](C)NC(=O)c1ccc(NC(=O)N2CC(=O)NC(=O)C23CCCCC3)cc1. The van der Waals surface area contributed by atoms with E-state index in [2.05, 4.69) is 16.0 Å². The molecule has 8 nitrogen and oxygen atoms in total. The zero-order valence-electron chi connectivity index (χ0n) is 16.9. The molecule has 0 radical (unpaired) electrons. The first-order valence-electron chi connectivity index (χ1n) is 10.2. The summed E-state index contributed by atoms with van der Waals surface area (Å²) in [5, 5.41) is 8.04. The molecule has 1 saturated carbocycles. The number of amides is 5. The molecule has 0 unspecified atom stereocenters. The summed E-state index contributed by atoms with van der Waals surface area (Å²) in [6, 6.07) is 6.16. The smallest absolute Gasteiger partial charge is 0.323 e. The van der Waals surface area contributed by atoms with Gasteiger partial charge in [-0.05, 0) is 50.5 Å². The number of urea groups is 1. The Labute approximate surface area is 170 Å². The summed E-state index contributed by atoms with van der Waals surface area (Å²) >= 11 is 0. The second kappa shape index (κ2) is 8.63. The van der Waals surface area contributed by atoms with E-state index < -0.39 is 17.5 Å². The van der Waals surface area contributed by atoms with Crippen molar-refractivity contribution in [1.29, 1.82) is 0 Å². The number of nitrogens with zero attached hydrogens (tertiary/aromatic N) is 1. The Balaban J connectivity index is 1.72. The maximum Gasteiger partial charge on any atom is 0.323 e. The van der Waals surface area contributed by atoms with E-state index in [1.54, 1.807) is 24.3 Å². The van der Waals surface area contributed by atoms with E-state index in [1.165, 1.54) is 4.90 Å². The lowest BCUT2D eigenvalue weighted by Gasteiger charge is -2.46. The molecule has 1 aromatic rings. The van der Waals surface area contributed by atoms with Crippen LogP contribution in [0.3, 0.4) is 0 Å². The van der Waals surface area contributed by atoms with Gasteiger partial charge in [-0.2, -0.15) is 0 Å². The van der Waals surface area contributed by atoms with Crippen molar-refractivity contribution in [3.8, 4) is 0 Å². The topological polar surface area (TPSA) is 108 Å². The zero-order chi connectivity index (χ0) is 21.0. The van der Waals surface area contributed by atoms with Crippen molar-refractivity contribution in [3.05, 3.63) is 29.8 Å². The van der Waals surface area contributed by atoms with Crippen molar-refractivity contribution in [2.24, 2.45) is 0 Å². The number of benzene rings is 1. The minimum absolute atomic E-state index is 0.0800. The van der Waals surface area contributed by atoms with Gasteiger partial charge in [0.2, 0.25) is 5.91 Å². The van der Waals surface area contributed by atoms with Crippen LogP contribution in [-0.2, 0) is 9.59 Å². The van der Waals surface area contributed by atoms with E-state index in [4.69, 9.17) is 0 Å². The van der Waals surface area contributed by atoms with Crippen molar-refractivity contribution in [2.75, 3.05) is 11.9 Å². The molecule has 0 bridgehead atoms. The second-order valence-electron chi connectivity index (χ2n) is 7.85. The van der Waals surface area contributed by atoms with Gasteiger partial charge in [0.15, 0.2) is 0 Å². The number of piperazine rings is 1. The third-order valence-electron chi connectivity index (χ3n) is 5.81. The van der Waals surface area contributed by atoms with Gasteiger partial charge in [-0.1, -0.05) is 26.2 Å². The Bertz CT molecular complexity index is 799. The van der Waals surface area contributed by atoms with E-state index in [0.29, 0.717) is 24.1 Å². The van der Waals surface area contributed by atoms with Crippen LogP contribution in [0.15, 0.2) is 24.3 Å². The molecule has 2 aliphatic rings. The molecular formula is C21H28N4O4. The zero-order valence-corrected chi connectivity index (χ0v) is 16.9. The van der Waals surface area contributed by atoms with Crippen LogP contribution < -0.4 is 16.0 Å². The molecule has 156 valence electrons. The maximum atomic E-state index is 12.9. The van der Waals surface area contributed by atoms with Gasteiger partial charge in [0, 0.05) is 17.3 Å². The standard InChI is InChI=1S/C21H28N4O4/c1-3-14(2)22-18(27)15-7-9-16(10-8-15)23-20(29)25-13-17(26)24-19(28)21(25)11-5-4-6-12-21/h7-10,14H,3-6,11-13H2,1-2H3,(H,22,27)(H,23,29)(H,24,26,28)/t14-/m0/s1. The van der Waals surface area contributed by atoms with Gasteiger partial charge < -0.3 is 15.5 Å². The average Bonchev–Trinajstić information content (AvgIpc) is 2.72.